The predicted molar refractivity (Wildman–Crippen MR) is 66.2 cm³/mol. The third-order valence-electron chi connectivity index (χ3n) is 4.57. The highest BCUT2D eigenvalue weighted by Gasteiger charge is 2.37. The van der Waals surface area contributed by atoms with Gasteiger partial charge in [0.05, 0.1) is 18.8 Å². The summed E-state index contributed by atoms with van der Waals surface area (Å²) in [7, 11) is 1.82. The number of fused-ring (bicyclic) bond motifs is 1. The Hall–Kier alpha value is -0.160. The molecule has 98 valence electrons. The van der Waals surface area contributed by atoms with Crippen molar-refractivity contribution in [3.05, 3.63) is 0 Å². The molecule has 2 heterocycles. The molecule has 0 amide bonds. The van der Waals surface area contributed by atoms with E-state index in [1.807, 2.05) is 7.11 Å². The second-order valence-corrected chi connectivity index (χ2v) is 5.60. The molecule has 1 N–H and O–H groups in total. The molecule has 0 aromatic rings. The van der Waals surface area contributed by atoms with E-state index in [2.05, 4.69) is 10.2 Å². The minimum atomic E-state index is 0.417. The average Bonchev–Trinajstić information content (AvgIpc) is 2.97. The number of methoxy groups -OCH3 is 1. The van der Waals surface area contributed by atoms with E-state index in [4.69, 9.17) is 9.47 Å². The number of hydrogen-bond acceptors (Lipinski definition) is 4. The molecule has 3 rings (SSSR count). The first-order chi connectivity index (χ1) is 8.36. The lowest BCUT2D eigenvalue weighted by Gasteiger charge is -2.39. The quantitative estimate of drug-likeness (QED) is 0.784. The smallest absolute Gasteiger partial charge is 0.0730 e. The molecule has 3 aliphatic rings. The van der Waals surface area contributed by atoms with Crippen LogP contribution in [0.4, 0.5) is 0 Å². The molecule has 0 aromatic carbocycles. The van der Waals surface area contributed by atoms with E-state index in [0.29, 0.717) is 24.3 Å². The van der Waals surface area contributed by atoms with E-state index >= 15 is 0 Å². The first-order valence-corrected chi connectivity index (χ1v) is 6.98. The Kier molecular flexibility index (Phi) is 3.66. The lowest BCUT2D eigenvalue weighted by Crippen LogP contribution is -2.52. The molecule has 3 fully saturated rings. The third kappa shape index (κ3) is 2.50. The Morgan fingerprint density at radius 2 is 2.35 bits per heavy atom. The van der Waals surface area contributed by atoms with E-state index in [1.165, 1.54) is 25.8 Å². The molecule has 2 aliphatic heterocycles. The summed E-state index contributed by atoms with van der Waals surface area (Å²) in [4.78, 5) is 2.65. The van der Waals surface area contributed by atoms with Gasteiger partial charge in [0.2, 0.25) is 0 Å². The fourth-order valence-corrected chi connectivity index (χ4v) is 3.62. The van der Waals surface area contributed by atoms with Crippen LogP contribution in [0.3, 0.4) is 0 Å². The van der Waals surface area contributed by atoms with E-state index < -0.39 is 0 Å². The van der Waals surface area contributed by atoms with Crippen molar-refractivity contribution in [2.75, 3.05) is 33.4 Å². The van der Waals surface area contributed by atoms with Gasteiger partial charge in [0, 0.05) is 38.8 Å². The standard InChI is InChI=1S/C13H24N2O2/c1-16-11-7-10(14-8-11)9-15-5-6-17-13-4-2-3-12(13)15/h10-14H,2-9H2,1H3. The van der Waals surface area contributed by atoms with Crippen molar-refractivity contribution in [2.24, 2.45) is 0 Å². The molecule has 0 spiro atoms. The number of nitrogens with one attached hydrogen (secondary N) is 1. The minimum Gasteiger partial charge on any atom is -0.380 e. The molecule has 2 saturated heterocycles. The Morgan fingerprint density at radius 3 is 3.18 bits per heavy atom. The summed E-state index contributed by atoms with van der Waals surface area (Å²) in [5.41, 5.74) is 0. The van der Waals surface area contributed by atoms with Crippen LogP contribution in [0.5, 0.6) is 0 Å². The van der Waals surface area contributed by atoms with Gasteiger partial charge in [-0.2, -0.15) is 0 Å². The van der Waals surface area contributed by atoms with Crippen LogP contribution in [-0.2, 0) is 9.47 Å². The Bertz CT molecular complexity index is 262. The molecular weight excluding hydrogens is 216 g/mol. The number of morpholine rings is 1. The SMILES string of the molecule is COC1CNC(CN2CCOC3CCCC32)C1. The van der Waals surface area contributed by atoms with Crippen LogP contribution < -0.4 is 5.32 Å². The van der Waals surface area contributed by atoms with Gasteiger partial charge >= 0.3 is 0 Å². The van der Waals surface area contributed by atoms with Gasteiger partial charge in [0.15, 0.2) is 0 Å². The molecule has 4 heteroatoms. The summed E-state index contributed by atoms with van der Waals surface area (Å²) >= 11 is 0. The van der Waals surface area contributed by atoms with Gasteiger partial charge in [-0.3, -0.25) is 4.90 Å². The molecule has 4 atom stereocenters. The number of rotatable bonds is 3. The molecule has 1 aliphatic carbocycles. The molecule has 0 bridgehead atoms. The van der Waals surface area contributed by atoms with Crippen molar-refractivity contribution in [3.63, 3.8) is 0 Å². The van der Waals surface area contributed by atoms with E-state index in [0.717, 1.165) is 26.1 Å². The summed E-state index contributed by atoms with van der Waals surface area (Å²) in [6.07, 6.45) is 6.02. The highest BCUT2D eigenvalue weighted by molar-refractivity contribution is 4.93. The van der Waals surface area contributed by atoms with Crippen LogP contribution in [0.1, 0.15) is 25.7 Å². The van der Waals surface area contributed by atoms with Gasteiger partial charge in [-0.1, -0.05) is 0 Å². The molecule has 1 saturated carbocycles. The normalized spacial score (nSPS) is 42.9. The Balaban J connectivity index is 1.54. The maximum atomic E-state index is 5.85. The molecule has 4 nitrogen and oxygen atoms in total. The van der Waals surface area contributed by atoms with Crippen LogP contribution in [0.2, 0.25) is 0 Å². The molecule has 0 aromatic heterocycles. The predicted octanol–water partition coefficient (Wildman–Crippen LogP) is 0.617. The zero-order chi connectivity index (χ0) is 11.7. The van der Waals surface area contributed by atoms with Crippen molar-refractivity contribution in [2.45, 2.75) is 50.0 Å². The molecular formula is C13H24N2O2. The Labute approximate surface area is 104 Å². The van der Waals surface area contributed by atoms with Crippen molar-refractivity contribution in [1.82, 2.24) is 10.2 Å². The topological polar surface area (TPSA) is 33.7 Å². The Morgan fingerprint density at radius 1 is 1.41 bits per heavy atom. The highest BCUT2D eigenvalue weighted by Crippen LogP contribution is 2.30. The lowest BCUT2D eigenvalue weighted by atomic mass is 10.1. The first-order valence-electron chi connectivity index (χ1n) is 6.98. The van der Waals surface area contributed by atoms with Crippen LogP contribution in [-0.4, -0.2) is 62.5 Å². The lowest BCUT2D eigenvalue weighted by molar-refractivity contribution is -0.0578. The molecule has 0 radical (unpaired) electrons. The monoisotopic (exact) mass is 240 g/mol. The highest BCUT2D eigenvalue weighted by atomic mass is 16.5. The van der Waals surface area contributed by atoms with Crippen LogP contribution in [0, 0.1) is 0 Å². The van der Waals surface area contributed by atoms with Gasteiger partial charge in [0.25, 0.3) is 0 Å². The summed E-state index contributed by atoms with van der Waals surface area (Å²) in [5.74, 6) is 0. The zero-order valence-electron chi connectivity index (χ0n) is 10.7. The summed E-state index contributed by atoms with van der Waals surface area (Å²) in [6.45, 7) is 4.21. The molecule has 4 unspecified atom stereocenters. The third-order valence-corrected chi connectivity index (χ3v) is 4.57. The van der Waals surface area contributed by atoms with Crippen molar-refractivity contribution < 1.29 is 9.47 Å². The summed E-state index contributed by atoms with van der Waals surface area (Å²) in [6, 6.07) is 1.30. The maximum absolute atomic E-state index is 5.85. The van der Waals surface area contributed by atoms with E-state index in [-0.39, 0.29) is 0 Å². The van der Waals surface area contributed by atoms with Crippen molar-refractivity contribution >= 4 is 0 Å². The second kappa shape index (κ2) is 5.22. The van der Waals surface area contributed by atoms with E-state index in [9.17, 15) is 0 Å². The van der Waals surface area contributed by atoms with Gasteiger partial charge in [-0.25, -0.2) is 0 Å². The second-order valence-electron chi connectivity index (χ2n) is 5.60. The summed E-state index contributed by atoms with van der Waals surface area (Å²) < 4.78 is 11.3. The van der Waals surface area contributed by atoms with Crippen molar-refractivity contribution in [1.29, 1.82) is 0 Å². The molecule has 17 heavy (non-hydrogen) atoms. The first kappa shape index (κ1) is 11.9. The van der Waals surface area contributed by atoms with Crippen LogP contribution >= 0.6 is 0 Å². The largest absolute Gasteiger partial charge is 0.380 e. The van der Waals surface area contributed by atoms with Gasteiger partial charge in [-0.15, -0.1) is 0 Å². The number of nitrogens with zero attached hydrogens (tertiary/aromatic N) is 1. The fourth-order valence-electron chi connectivity index (χ4n) is 3.62. The number of ether oxygens (including phenoxy) is 2. The van der Waals surface area contributed by atoms with Crippen molar-refractivity contribution in [3.8, 4) is 0 Å². The van der Waals surface area contributed by atoms with Crippen LogP contribution in [0.25, 0.3) is 0 Å². The summed E-state index contributed by atoms with van der Waals surface area (Å²) in [5, 5.41) is 3.58. The van der Waals surface area contributed by atoms with Crippen LogP contribution in [0.15, 0.2) is 0 Å². The van der Waals surface area contributed by atoms with Gasteiger partial charge in [-0.05, 0) is 25.7 Å². The fraction of sp³-hybridized carbons (Fsp3) is 1.00. The minimum absolute atomic E-state index is 0.417. The number of hydrogen-bond donors (Lipinski definition) is 1. The van der Waals surface area contributed by atoms with Gasteiger partial charge in [0.1, 0.15) is 0 Å². The average molecular weight is 240 g/mol. The zero-order valence-corrected chi connectivity index (χ0v) is 10.7. The maximum Gasteiger partial charge on any atom is 0.0730 e. The van der Waals surface area contributed by atoms with Gasteiger partial charge < -0.3 is 14.8 Å². The van der Waals surface area contributed by atoms with E-state index in [1.54, 1.807) is 0 Å².